The number of aromatic nitrogens is 6. The van der Waals surface area contributed by atoms with Crippen molar-refractivity contribution in [3.05, 3.63) is 53.2 Å². The minimum absolute atomic E-state index is 0.00214. The van der Waals surface area contributed by atoms with Crippen LogP contribution in [0.25, 0.3) is 11.3 Å². The number of hydrogen-bond donors (Lipinski definition) is 4. The summed E-state index contributed by atoms with van der Waals surface area (Å²) in [5.74, 6) is 0.0980. The normalized spacial score (nSPS) is 11.8. The van der Waals surface area contributed by atoms with Gasteiger partial charge in [-0.25, -0.2) is 4.39 Å². The minimum Gasteiger partial charge on any atom is -0.494 e. The van der Waals surface area contributed by atoms with Crippen LogP contribution in [0.4, 0.5) is 27.4 Å². The summed E-state index contributed by atoms with van der Waals surface area (Å²) in [4.78, 5) is 13.2. The van der Waals surface area contributed by atoms with E-state index < -0.39 is 22.6 Å². The molecule has 1 amide bonds. The van der Waals surface area contributed by atoms with Gasteiger partial charge in [-0.1, -0.05) is 0 Å². The summed E-state index contributed by atoms with van der Waals surface area (Å²) >= 11 is 0. The average molecular weight is 559 g/mol. The van der Waals surface area contributed by atoms with Crippen molar-refractivity contribution in [3.8, 4) is 17.0 Å². The van der Waals surface area contributed by atoms with E-state index in [0.717, 1.165) is 5.69 Å². The Kier molecular flexibility index (Phi) is 7.90. The number of aliphatic hydroxyl groups is 1. The summed E-state index contributed by atoms with van der Waals surface area (Å²) in [7, 11) is 10.5. The van der Waals surface area contributed by atoms with Crippen LogP contribution < -0.4 is 20.7 Å². The van der Waals surface area contributed by atoms with Crippen molar-refractivity contribution >= 4 is 52.5 Å². The Morgan fingerprint density at radius 2 is 1.68 bits per heavy atom. The van der Waals surface area contributed by atoms with E-state index in [1.807, 2.05) is 43.6 Å². The number of ether oxygens (including phenoxy) is 1. The summed E-state index contributed by atoms with van der Waals surface area (Å²) in [5.41, 5.74) is 1.53. The molecule has 0 aliphatic rings. The Morgan fingerprint density at radius 3 is 2.24 bits per heavy atom. The van der Waals surface area contributed by atoms with E-state index in [9.17, 15) is 9.90 Å². The highest BCUT2D eigenvalue weighted by Crippen LogP contribution is 2.40. The number of methoxy groups -OCH3 is 1. The van der Waals surface area contributed by atoms with Crippen LogP contribution in [0.15, 0.2) is 30.3 Å². The van der Waals surface area contributed by atoms with Gasteiger partial charge in [-0.05, 0) is 38.1 Å². The maximum Gasteiger partial charge on any atom is 0.272 e. The van der Waals surface area contributed by atoms with Gasteiger partial charge in [-0.15, -0.1) is 10.2 Å². The van der Waals surface area contributed by atoms with Crippen molar-refractivity contribution in [3.63, 3.8) is 0 Å². The number of amides is 1. The molecule has 0 bridgehead atoms. The molecular weight excluding hydrogens is 526 g/mol. The smallest absolute Gasteiger partial charge is 0.272 e. The topological polar surface area (TPSA) is 144 Å². The summed E-state index contributed by atoms with van der Waals surface area (Å²) in [5, 5.41) is 36.3. The maximum atomic E-state index is 15.1. The Hall–Kier alpha value is -4.33. The first kappa shape index (κ1) is 29.7. The number of carbonyl (C=O) groups excluding carboxylic acids is 1. The molecule has 0 unspecified atom stereocenters. The fourth-order valence-electron chi connectivity index (χ4n) is 4.28. The molecule has 0 radical (unpaired) electrons. The quantitative estimate of drug-likeness (QED) is 0.209. The number of nitrogens with one attached hydrogen (secondary N) is 3. The maximum absolute atomic E-state index is 15.1. The van der Waals surface area contributed by atoms with Crippen molar-refractivity contribution in [1.29, 1.82) is 0 Å². The molecule has 3 heterocycles. The number of aryl methyl sites for hydroxylation is 3. The highest BCUT2D eigenvalue weighted by Gasteiger charge is 2.26. The molecule has 1 aromatic carbocycles. The number of carbonyl (C=O) groups is 1. The highest BCUT2D eigenvalue weighted by atomic mass is 19.1. The number of hydrogen-bond acceptors (Lipinski definition) is 9. The molecule has 16 heteroatoms. The van der Waals surface area contributed by atoms with Crippen molar-refractivity contribution < 1.29 is 19.0 Å². The van der Waals surface area contributed by atoms with Crippen LogP contribution in [0.1, 0.15) is 35.7 Å². The van der Waals surface area contributed by atoms with E-state index in [1.165, 1.54) is 23.9 Å². The molecule has 4 aromatic rings. The van der Waals surface area contributed by atoms with Gasteiger partial charge in [-0.3, -0.25) is 14.2 Å². The van der Waals surface area contributed by atoms with Crippen LogP contribution in [0.2, 0.25) is 0 Å². The monoisotopic (exact) mass is 559 g/mol. The first-order valence-electron chi connectivity index (χ1n) is 13.0. The Morgan fingerprint density at radius 1 is 0.976 bits per heavy atom. The predicted octanol–water partition coefficient (Wildman–Crippen LogP) is 0.0217. The van der Waals surface area contributed by atoms with Crippen molar-refractivity contribution in [2.45, 2.75) is 31.6 Å². The van der Waals surface area contributed by atoms with Crippen molar-refractivity contribution in [1.82, 2.24) is 35.1 Å². The fourth-order valence-corrected chi connectivity index (χ4v) is 4.28. The van der Waals surface area contributed by atoms with Crippen LogP contribution >= 0.6 is 0 Å². The average Bonchev–Trinajstić information content (AvgIpc) is 3.38. The largest absolute Gasteiger partial charge is 0.494 e. The molecule has 4 N–H and O–H groups in total. The molecule has 0 aliphatic heterocycles. The van der Waals surface area contributed by atoms with Gasteiger partial charge in [0.2, 0.25) is 0 Å². The Balaban J connectivity index is 1.81. The zero-order valence-electron chi connectivity index (χ0n) is 24.7. The third-order valence-electron chi connectivity index (χ3n) is 6.18. The molecule has 0 saturated carbocycles. The Bertz CT molecular complexity index is 1590. The van der Waals surface area contributed by atoms with Gasteiger partial charge in [0, 0.05) is 43.6 Å². The lowest BCUT2D eigenvalue weighted by atomic mass is 9.49. The number of benzene rings is 1. The molecule has 0 fully saturated rings. The zero-order valence-corrected chi connectivity index (χ0v) is 24.7. The second kappa shape index (κ2) is 10.9. The summed E-state index contributed by atoms with van der Waals surface area (Å²) < 4.78 is 24.0. The van der Waals surface area contributed by atoms with Crippen molar-refractivity contribution in [2.75, 3.05) is 17.7 Å². The molecular formula is C25H33B3FN9O3. The molecule has 0 spiro atoms. The van der Waals surface area contributed by atoms with Crippen LogP contribution in [0, 0.1) is 12.7 Å². The van der Waals surface area contributed by atoms with Gasteiger partial charge in [-0.2, -0.15) is 10.2 Å². The van der Waals surface area contributed by atoms with Gasteiger partial charge >= 0.3 is 0 Å². The molecule has 0 atom stereocenters. The lowest BCUT2D eigenvalue weighted by Crippen LogP contribution is -2.50. The van der Waals surface area contributed by atoms with Crippen LogP contribution in [-0.2, 0) is 19.7 Å². The number of rotatable bonds is 9. The van der Waals surface area contributed by atoms with Crippen molar-refractivity contribution in [2.24, 2.45) is 14.1 Å². The van der Waals surface area contributed by atoms with Crippen LogP contribution in [-0.4, -0.2) is 76.7 Å². The summed E-state index contributed by atoms with van der Waals surface area (Å²) in [6.07, 6.45) is 0. The molecule has 12 nitrogen and oxygen atoms in total. The lowest BCUT2D eigenvalue weighted by molar-refractivity contribution is 0.0695. The van der Waals surface area contributed by atoms with E-state index in [-0.39, 0.29) is 22.8 Å². The summed E-state index contributed by atoms with van der Waals surface area (Å²) in [6.45, 7) is 5.20. The molecule has 4 rings (SSSR count). The molecule has 3 aromatic heterocycles. The van der Waals surface area contributed by atoms with Gasteiger partial charge in [0.05, 0.1) is 29.9 Å². The highest BCUT2D eigenvalue weighted by molar-refractivity contribution is 6.60. The summed E-state index contributed by atoms with van der Waals surface area (Å²) in [6, 6.07) is 7.66. The van der Waals surface area contributed by atoms with E-state index in [0.29, 0.717) is 28.6 Å². The second-order valence-electron chi connectivity index (χ2n) is 11.4. The van der Waals surface area contributed by atoms with E-state index in [1.54, 1.807) is 37.7 Å². The fraction of sp³-hybridized carbons (Fsp3) is 0.320. The number of halogens is 1. The van der Waals surface area contributed by atoms with Gasteiger partial charge in [0.1, 0.15) is 35.0 Å². The minimum atomic E-state index is -1.17. The Labute approximate surface area is 240 Å². The van der Waals surface area contributed by atoms with Crippen LogP contribution in [0.5, 0.6) is 5.75 Å². The van der Waals surface area contributed by atoms with E-state index in [4.69, 9.17) is 4.74 Å². The zero-order chi connectivity index (χ0) is 30.3. The number of nitrogens with zero attached hydrogens (tertiary/aromatic N) is 6. The number of anilines is 4. The third kappa shape index (κ3) is 6.71. The molecule has 0 saturated heterocycles. The predicted molar refractivity (Wildman–Crippen MR) is 163 cm³/mol. The first-order chi connectivity index (χ1) is 19.1. The SMILES string of the molecule is BC(B)(B)NC(=O)c1nnc(Nc2cc(C)n(C)n2)cc1Nc1cc(F)cc(-c2cc(C(C)(C)O)n(C)n2)c1OC. The van der Waals surface area contributed by atoms with Gasteiger partial charge in [0.15, 0.2) is 23.1 Å². The second-order valence-corrected chi connectivity index (χ2v) is 11.4. The molecule has 41 heavy (non-hydrogen) atoms. The van der Waals surface area contributed by atoms with E-state index in [2.05, 4.69) is 36.3 Å². The molecule has 212 valence electrons. The standard InChI is InChI=1S/C25H33B3FN9O3/c1-12-7-20(36-37(12)4)31-19-11-16(21(34-33-19)23(39)32-25(26,27)28)30-17-9-13(29)8-14(22(17)41-6)15-10-18(24(2,3)40)38(5)35-15/h7-11,40H,26-28H2,1-6H3,(H,32,39)(H2,30,31,33,36). The third-order valence-corrected chi connectivity index (χ3v) is 6.18. The van der Waals surface area contributed by atoms with Crippen LogP contribution in [0.3, 0.4) is 0 Å². The first-order valence-corrected chi connectivity index (χ1v) is 13.0. The molecule has 0 aliphatic carbocycles. The van der Waals surface area contributed by atoms with E-state index >= 15 is 4.39 Å². The van der Waals surface area contributed by atoms with Gasteiger partial charge < -0.3 is 25.8 Å². The van der Waals surface area contributed by atoms with Gasteiger partial charge in [0.25, 0.3) is 5.91 Å². The lowest BCUT2D eigenvalue weighted by Gasteiger charge is -2.22.